The van der Waals surface area contributed by atoms with E-state index in [9.17, 15) is 5.11 Å². The Morgan fingerprint density at radius 3 is 2.69 bits per heavy atom. The van der Waals surface area contributed by atoms with Crippen molar-refractivity contribution >= 4 is 15.9 Å². The number of allylic oxidation sites excluding steroid dienone is 2. The molecule has 0 aromatic heterocycles. The van der Waals surface area contributed by atoms with E-state index in [0.29, 0.717) is 5.75 Å². The first-order valence-electron chi connectivity index (χ1n) is 4.21. The fourth-order valence-corrected chi connectivity index (χ4v) is 1.57. The summed E-state index contributed by atoms with van der Waals surface area (Å²) in [5, 5.41) is 9.54. The summed E-state index contributed by atoms with van der Waals surface area (Å²) in [7, 11) is 0. The van der Waals surface area contributed by atoms with Crippen LogP contribution in [0.2, 0.25) is 0 Å². The van der Waals surface area contributed by atoms with Crippen LogP contribution in [-0.4, -0.2) is 5.11 Å². The van der Waals surface area contributed by atoms with Crippen molar-refractivity contribution in [3.8, 4) is 5.75 Å². The van der Waals surface area contributed by atoms with Crippen LogP contribution < -0.4 is 0 Å². The fraction of sp³-hybridized carbons (Fsp3) is 0.273. The highest BCUT2D eigenvalue weighted by Crippen LogP contribution is 2.26. The molecular formula is C11H13BrO. The normalized spacial score (nSPS) is 9.77. The van der Waals surface area contributed by atoms with Crippen molar-refractivity contribution in [3.63, 3.8) is 0 Å². The van der Waals surface area contributed by atoms with Crippen molar-refractivity contribution < 1.29 is 5.11 Å². The number of hydrogen-bond donors (Lipinski definition) is 1. The second-order valence-electron chi connectivity index (χ2n) is 3.22. The highest BCUT2D eigenvalue weighted by molar-refractivity contribution is 9.10. The second-order valence-corrected chi connectivity index (χ2v) is 4.08. The lowest BCUT2D eigenvalue weighted by Gasteiger charge is -2.03. The van der Waals surface area contributed by atoms with E-state index in [1.165, 1.54) is 5.57 Å². The van der Waals surface area contributed by atoms with E-state index in [1.807, 2.05) is 26.0 Å². The minimum atomic E-state index is 0.354. The Kier molecular flexibility index (Phi) is 3.55. The van der Waals surface area contributed by atoms with E-state index >= 15 is 0 Å². The summed E-state index contributed by atoms with van der Waals surface area (Å²) in [6, 6.07) is 5.47. The van der Waals surface area contributed by atoms with Crippen LogP contribution >= 0.6 is 15.9 Å². The topological polar surface area (TPSA) is 20.2 Å². The Labute approximate surface area is 87.2 Å². The van der Waals surface area contributed by atoms with E-state index in [1.54, 1.807) is 6.07 Å². The molecule has 1 rings (SSSR count). The molecule has 1 aromatic rings. The highest BCUT2D eigenvalue weighted by atomic mass is 79.9. The molecule has 0 aliphatic carbocycles. The minimum absolute atomic E-state index is 0.354. The van der Waals surface area contributed by atoms with Gasteiger partial charge in [-0.05, 0) is 32.4 Å². The standard InChI is InChI=1S/C11H13BrO/c1-8(2)6-7-9-10(12)4-3-5-11(9)13/h3-6,13H,7H2,1-2H3. The smallest absolute Gasteiger partial charge is 0.120 e. The minimum Gasteiger partial charge on any atom is -0.508 e. The van der Waals surface area contributed by atoms with Gasteiger partial charge in [0.2, 0.25) is 0 Å². The molecule has 0 bridgehead atoms. The SMILES string of the molecule is CC(C)=CCc1c(O)cccc1Br. The maximum absolute atomic E-state index is 9.54. The Morgan fingerprint density at radius 2 is 2.15 bits per heavy atom. The van der Waals surface area contributed by atoms with Crippen LogP contribution in [0, 0.1) is 0 Å². The van der Waals surface area contributed by atoms with Crippen LogP contribution in [0.3, 0.4) is 0 Å². The van der Waals surface area contributed by atoms with Crippen molar-refractivity contribution in [2.45, 2.75) is 20.3 Å². The first-order chi connectivity index (χ1) is 6.11. The van der Waals surface area contributed by atoms with E-state index in [4.69, 9.17) is 0 Å². The highest BCUT2D eigenvalue weighted by Gasteiger charge is 2.02. The average molecular weight is 241 g/mol. The Hall–Kier alpha value is -0.760. The molecule has 0 unspecified atom stereocenters. The van der Waals surface area contributed by atoms with Crippen molar-refractivity contribution in [2.75, 3.05) is 0 Å². The first-order valence-corrected chi connectivity index (χ1v) is 5.00. The molecule has 0 spiro atoms. The number of phenolic OH excluding ortho intramolecular Hbond substituents is 1. The molecule has 70 valence electrons. The van der Waals surface area contributed by atoms with Gasteiger partial charge in [-0.15, -0.1) is 0 Å². The summed E-state index contributed by atoms with van der Waals surface area (Å²) in [4.78, 5) is 0. The summed E-state index contributed by atoms with van der Waals surface area (Å²) in [6.07, 6.45) is 2.87. The van der Waals surface area contributed by atoms with Crippen LogP contribution in [0.5, 0.6) is 5.75 Å². The van der Waals surface area contributed by atoms with Gasteiger partial charge in [0.1, 0.15) is 5.75 Å². The molecule has 1 aromatic carbocycles. The van der Waals surface area contributed by atoms with Gasteiger partial charge in [-0.2, -0.15) is 0 Å². The van der Waals surface area contributed by atoms with E-state index in [0.717, 1.165) is 16.5 Å². The third-order valence-corrected chi connectivity index (χ3v) is 2.55. The van der Waals surface area contributed by atoms with E-state index < -0.39 is 0 Å². The van der Waals surface area contributed by atoms with Crippen molar-refractivity contribution in [2.24, 2.45) is 0 Å². The van der Waals surface area contributed by atoms with E-state index in [2.05, 4.69) is 22.0 Å². The molecule has 1 nitrogen and oxygen atoms in total. The van der Waals surface area contributed by atoms with Gasteiger partial charge in [0, 0.05) is 10.0 Å². The zero-order valence-corrected chi connectivity index (χ0v) is 9.43. The molecule has 0 saturated carbocycles. The van der Waals surface area contributed by atoms with Gasteiger partial charge in [0.15, 0.2) is 0 Å². The molecule has 0 amide bonds. The largest absolute Gasteiger partial charge is 0.508 e. The average Bonchev–Trinajstić information content (AvgIpc) is 2.03. The van der Waals surface area contributed by atoms with Crippen molar-refractivity contribution in [3.05, 3.63) is 39.9 Å². The van der Waals surface area contributed by atoms with E-state index in [-0.39, 0.29) is 0 Å². The predicted molar refractivity (Wildman–Crippen MR) is 58.9 cm³/mol. The van der Waals surface area contributed by atoms with Gasteiger partial charge >= 0.3 is 0 Å². The summed E-state index contributed by atoms with van der Waals surface area (Å²) >= 11 is 3.41. The third-order valence-electron chi connectivity index (χ3n) is 1.81. The lowest BCUT2D eigenvalue weighted by molar-refractivity contribution is 0.469. The summed E-state index contributed by atoms with van der Waals surface area (Å²) in [6.45, 7) is 4.10. The van der Waals surface area contributed by atoms with Crippen molar-refractivity contribution in [1.29, 1.82) is 0 Å². The molecule has 0 atom stereocenters. The molecule has 0 fully saturated rings. The van der Waals surface area contributed by atoms with Crippen LogP contribution in [0.1, 0.15) is 19.4 Å². The second kappa shape index (κ2) is 4.47. The molecule has 0 saturated heterocycles. The fourth-order valence-electron chi connectivity index (χ4n) is 1.06. The quantitative estimate of drug-likeness (QED) is 0.783. The van der Waals surface area contributed by atoms with Crippen molar-refractivity contribution in [1.82, 2.24) is 0 Å². The first kappa shape index (κ1) is 10.3. The van der Waals surface area contributed by atoms with Gasteiger partial charge in [0.05, 0.1) is 0 Å². The molecule has 0 radical (unpaired) electrons. The number of hydrogen-bond acceptors (Lipinski definition) is 1. The van der Waals surface area contributed by atoms with Crippen LogP contribution in [0.25, 0.3) is 0 Å². The Morgan fingerprint density at radius 1 is 1.46 bits per heavy atom. The van der Waals surface area contributed by atoms with Crippen LogP contribution in [0.15, 0.2) is 34.3 Å². The summed E-state index contributed by atoms with van der Waals surface area (Å²) < 4.78 is 0.963. The molecule has 1 N–H and O–H groups in total. The molecular weight excluding hydrogens is 228 g/mol. The van der Waals surface area contributed by atoms with Crippen LogP contribution in [-0.2, 0) is 6.42 Å². The Balaban J connectivity index is 2.94. The summed E-state index contributed by atoms with van der Waals surface area (Å²) in [5.74, 6) is 0.354. The number of benzene rings is 1. The van der Waals surface area contributed by atoms with Gasteiger partial charge in [0.25, 0.3) is 0 Å². The number of halogens is 1. The molecule has 0 aliphatic rings. The molecule has 2 heteroatoms. The monoisotopic (exact) mass is 240 g/mol. The lowest BCUT2D eigenvalue weighted by atomic mass is 10.1. The van der Waals surface area contributed by atoms with Gasteiger partial charge in [-0.3, -0.25) is 0 Å². The maximum Gasteiger partial charge on any atom is 0.120 e. The zero-order chi connectivity index (χ0) is 9.84. The zero-order valence-electron chi connectivity index (χ0n) is 7.84. The van der Waals surface area contributed by atoms with Gasteiger partial charge in [-0.25, -0.2) is 0 Å². The Bertz CT molecular complexity index is 305. The van der Waals surface area contributed by atoms with Gasteiger partial charge < -0.3 is 5.11 Å². The molecule has 13 heavy (non-hydrogen) atoms. The maximum atomic E-state index is 9.54. The number of rotatable bonds is 2. The number of aromatic hydroxyl groups is 1. The predicted octanol–water partition coefficient (Wildman–Crippen LogP) is 3.66. The third kappa shape index (κ3) is 2.88. The molecule has 0 aliphatic heterocycles. The van der Waals surface area contributed by atoms with Crippen LogP contribution in [0.4, 0.5) is 0 Å². The molecule has 0 heterocycles. The summed E-state index contributed by atoms with van der Waals surface area (Å²) in [5.41, 5.74) is 2.21. The number of phenols is 1. The van der Waals surface area contributed by atoms with Gasteiger partial charge in [-0.1, -0.05) is 33.6 Å². The lowest BCUT2D eigenvalue weighted by Crippen LogP contribution is -1.85.